The minimum atomic E-state index is -4.93. The lowest BCUT2D eigenvalue weighted by Crippen LogP contribution is -2.56. The van der Waals surface area contributed by atoms with E-state index in [2.05, 4.69) is 4.74 Å². The standard InChI is InChI=1S/C14H17F3O5S/c15-14(16,17)10(6-23(20)21)22-12(19)13-3-7-1-8(4-13)11(18)9(2-7)5-13/h7-10,23H,1-6H2. The smallest absolute Gasteiger partial charge is 0.426 e. The fourth-order valence-electron chi connectivity index (χ4n) is 4.59. The number of carbonyl (C=O) groups is 2. The molecule has 0 aromatic carbocycles. The highest BCUT2D eigenvalue weighted by molar-refractivity contribution is 7.72. The van der Waals surface area contributed by atoms with E-state index in [1.165, 1.54) is 0 Å². The average molecular weight is 354 g/mol. The van der Waals surface area contributed by atoms with E-state index in [1.54, 1.807) is 0 Å². The number of hydrogen-bond acceptors (Lipinski definition) is 5. The minimum Gasteiger partial charge on any atom is -0.451 e. The second-order valence-electron chi connectivity index (χ2n) is 6.98. The summed E-state index contributed by atoms with van der Waals surface area (Å²) in [6.45, 7) is 0. The normalized spacial score (nSPS) is 37.2. The summed E-state index contributed by atoms with van der Waals surface area (Å²) in [5.41, 5.74) is -1.05. The molecule has 23 heavy (non-hydrogen) atoms. The molecule has 130 valence electrons. The molecule has 4 rings (SSSR count). The number of hydrogen-bond donors (Lipinski definition) is 1. The van der Waals surface area contributed by atoms with Gasteiger partial charge >= 0.3 is 12.1 Å². The number of Topliss-reactive ketones (excluding diaryl/α,β-unsaturated/α-hetero) is 1. The van der Waals surface area contributed by atoms with E-state index in [9.17, 15) is 31.2 Å². The monoisotopic (exact) mass is 354 g/mol. The molecule has 4 fully saturated rings. The van der Waals surface area contributed by atoms with Crippen LogP contribution < -0.4 is 0 Å². The van der Waals surface area contributed by atoms with Gasteiger partial charge < -0.3 is 4.74 Å². The van der Waals surface area contributed by atoms with Crippen LogP contribution in [0, 0.1) is 23.2 Å². The van der Waals surface area contributed by atoms with Crippen LogP contribution in [0.5, 0.6) is 0 Å². The molecule has 9 heteroatoms. The lowest BCUT2D eigenvalue weighted by Gasteiger charge is -2.54. The molecule has 3 atom stereocenters. The van der Waals surface area contributed by atoms with Crippen LogP contribution in [-0.2, 0) is 25.0 Å². The van der Waals surface area contributed by atoms with Crippen molar-refractivity contribution in [2.75, 3.05) is 5.75 Å². The molecule has 0 N–H and O–H groups in total. The first-order valence-corrected chi connectivity index (χ1v) is 8.90. The molecule has 0 amide bonds. The van der Waals surface area contributed by atoms with E-state index in [1.807, 2.05) is 0 Å². The van der Waals surface area contributed by atoms with Gasteiger partial charge in [0.05, 0.1) is 11.2 Å². The summed E-state index contributed by atoms with van der Waals surface area (Å²) in [6.07, 6.45) is -5.29. The molecule has 5 nitrogen and oxygen atoms in total. The first-order chi connectivity index (χ1) is 10.6. The number of ketones is 1. The molecular weight excluding hydrogens is 337 g/mol. The molecule has 0 radical (unpaired) electrons. The third kappa shape index (κ3) is 2.99. The average Bonchev–Trinajstić information content (AvgIpc) is 2.41. The Hall–Kier alpha value is -1.12. The van der Waals surface area contributed by atoms with Crippen molar-refractivity contribution in [1.82, 2.24) is 0 Å². The highest BCUT2D eigenvalue weighted by Crippen LogP contribution is 2.59. The summed E-state index contributed by atoms with van der Waals surface area (Å²) in [5, 5.41) is 0. The Kier molecular flexibility index (Phi) is 3.97. The largest absolute Gasteiger partial charge is 0.451 e. The molecule has 0 spiro atoms. The molecule has 0 heterocycles. The van der Waals surface area contributed by atoms with Gasteiger partial charge in [0.15, 0.2) is 0 Å². The predicted molar refractivity (Wildman–Crippen MR) is 72.1 cm³/mol. The second-order valence-corrected chi connectivity index (χ2v) is 8.01. The lowest BCUT2D eigenvalue weighted by molar-refractivity contribution is -0.226. The Balaban J connectivity index is 1.78. The number of carbonyl (C=O) groups excluding carboxylic acids is 2. The maximum atomic E-state index is 12.9. The van der Waals surface area contributed by atoms with Crippen molar-refractivity contribution in [2.45, 2.75) is 44.4 Å². The van der Waals surface area contributed by atoms with Crippen LogP contribution in [0.3, 0.4) is 0 Å². The number of rotatable bonds is 4. The van der Waals surface area contributed by atoms with Gasteiger partial charge in [-0.15, -0.1) is 0 Å². The number of esters is 1. The number of alkyl halides is 3. The Labute approximate surface area is 132 Å². The molecule has 0 aliphatic heterocycles. The number of ether oxygens (including phenoxy) is 1. The van der Waals surface area contributed by atoms with Gasteiger partial charge in [-0.2, -0.15) is 13.2 Å². The summed E-state index contributed by atoms with van der Waals surface area (Å²) < 4.78 is 64.5. The second kappa shape index (κ2) is 5.46. The molecule has 3 unspecified atom stereocenters. The van der Waals surface area contributed by atoms with Crippen molar-refractivity contribution in [3.8, 4) is 0 Å². The zero-order valence-corrected chi connectivity index (χ0v) is 13.1. The van der Waals surface area contributed by atoms with Gasteiger partial charge in [-0.1, -0.05) is 0 Å². The minimum absolute atomic E-state index is 0.111. The van der Waals surface area contributed by atoms with E-state index in [0.29, 0.717) is 19.3 Å². The van der Waals surface area contributed by atoms with Gasteiger partial charge in [0.1, 0.15) is 16.5 Å². The van der Waals surface area contributed by atoms with Crippen molar-refractivity contribution in [2.24, 2.45) is 23.2 Å². The molecule has 0 aromatic rings. The van der Waals surface area contributed by atoms with Crippen LogP contribution in [0.4, 0.5) is 13.2 Å². The fraction of sp³-hybridized carbons (Fsp3) is 0.857. The van der Waals surface area contributed by atoms with Crippen molar-refractivity contribution < 1.29 is 35.9 Å². The van der Waals surface area contributed by atoms with Crippen molar-refractivity contribution in [3.05, 3.63) is 0 Å². The van der Waals surface area contributed by atoms with Gasteiger partial charge in [-0.3, -0.25) is 9.59 Å². The van der Waals surface area contributed by atoms with Crippen LogP contribution in [0.15, 0.2) is 0 Å². The summed E-state index contributed by atoms with van der Waals surface area (Å²) in [4.78, 5) is 24.5. The maximum absolute atomic E-state index is 12.9. The fourth-order valence-corrected chi connectivity index (χ4v) is 5.15. The third-order valence-electron chi connectivity index (χ3n) is 5.36. The lowest BCUT2D eigenvalue weighted by atomic mass is 9.49. The molecule has 4 aliphatic carbocycles. The number of halogens is 3. The van der Waals surface area contributed by atoms with Crippen LogP contribution >= 0.6 is 0 Å². The topological polar surface area (TPSA) is 77.5 Å². The SMILES string of the molecule is O=C1C2CC3CC1CC(C(=O)OC(C[SH](=O)=O)C(F)(F)F)(C3)C2. The van der Waals surface area contributed by atoms with E-state index >= 15 is 0 Å². The molecule has 4 aliphatic rings. The Morgan fingerprint density at radius 2 is 1.78 bits per heavy atom. The molecule has 0 aromatic heterocycles. The summed E-state index contributed by atoms with van der Waals surface area (Å²) in [7, 11) is -3.33. The van der Waals surface area contributed by atoms with E-state index in [0.717, 1.165) is 0 Å². The first-order valence-electron chi connectivity index (χ1n) is 7.54. The van der Waals surface area contributed by atoms with Gasteiger partial charge in [0.2, 0.25) is 6.10 Å². The van der Waals surface area contributed by atoms with Crippen LogP contribution in [0.1, 0.15) is 32.1 Å². The highest BCUT2D eigenvalue weighted by Gasteiger charge is 2.60. The quantitative estimate of drug-likeness (QED) is 0.611. The molecular formula is C14H17F3O5S. The van der Waals surface area contributed by atoms with Crippen molar-refractivity contribution in [3.63, 3.8) is 0 Å². The van der Waals surface area contributed by atoms with Crippen LogP contribution in [-0.4, -0.2) is 38.2 Å². The Morgan fingerprint density at radius 3 is 2.26 bits per heavy atom. The maximum Gasteiger partial charge on any atom is 0.426 e. The van der Waals surface area contributed by atoms with E-state index in [-0.39, 0.29) is 36.4 Å². The Bertz CT molecular complexity index is 586. The summed E-state index contributed by atoms with van der Waals surface area (Å²) in [5.74, 6) is -2.53. The van der Waals surface area contributed by atoms with Crippen LogP contribution in [0.25, 0.3) is 0 Å². The van der Waals surface area contributed by atoms with Gasteiger partial charge in [0, 0.05) is 11.8 Å². The first kappa shape index (κ1) is 16.7. The zero-order chi connectivity index (χ0) is 17.0. The molecule has 4 bridgehead atoms. The molecule has 4 saturated carbocycles. The van der Waals surface area contributed by atoms with E-state index < -0.39 is 40.1 Å². The summed E-state index contributed by atoms with van der Waals surface area (Å²) in [6, 6.07) is 0. The van der Waals surface area contributed by atoms with Crippen molar-refractivity contribution >= 4 is 22.5 Å². The third-order valence-corrected chi connectivity index (χ3v) is 5.99. The molecule has 0 saturated heterocycles. The van der Waals surface area contributed by atoms with Crippen LogP contribution in [0.2, 0.25) is 0 Å². The van der Waals surface area contributed by atoms with E-state index in [4.69, 9.17) is 0 Å². The predicted octanol–water partition coefficient (Wildman–Crippen LogP) is 1.47. The number of thiol groups is 1. The van der Waals surface area contributed by atoms with Crippen molar-refractivity contribution in [1.29, 1.82) is 0 Å². The van der Waals surface area contributed by atoms with Gasteiger partial charge in [-0.05, 0) is 38.0 Å². The summed E-state index contributed by atoms with van der Waals surface area (Å²) >= 11 is 0. The highest BCUT2D eigenvalue weighted by atomic mass is 32.2. The zero-order valence-electron chi connectivity index (χ0n) is 12.2. The van der Waals surface area contributed by atoms with Gasteiger partial charge in [0.25, 0.3) is 0 Å². The van der Waals surface area contributed by atoms with Gasteiger partial charge in [-0.25, -0.2) is 8.42 Å². The Morgan fingerprint density at radius 1 is 1.22 bits per heavy atom.